The van der Waals surface area contributed by atoms with Crippen LogP contribution in [0.4, 0.5) is 5.69 Å². The molecule has 1 aliphatic rings. The summed E-state index contributed by atoms with van der Waals surface area (Å²) in [4.78, 5) is 28.7. The third-order valence-electron chi connectivity index (χ3n) is 4.54. The summed E-state index contributed by atoms with van der Waals surface area (Å²) < 4.78 is 5.08. The first-order chi connectivity index (χ1) is 12.1. The topological polar surface area (TPSA) is 49.9 Å². The summed E-state index contributed by atoms with van der Waals surface area (Å²) in [6.07, 6.45) is 0.637. The number of anilines is 1. The molecule has 2 aromatic carbocycles. The third kappa shape index (κ3) is 3.56. The predicted molar refractivity (Wildman–Crippen MR) is 96.4 cm³/mol. The van der Waals surface area contributed by atoms with E-state index in [0.29, 0.717) is 25.1 Å². The third-order valence-corrected chi connectivity index (χ3v) is 4.54. The van der Waals surface area contributed by atoms with Crippen LogP contribution in [0.3, 0.4) is 0 Å². The van der Waals surface area contributed by atoms with Gasteiger partial charge in [-0.15, -0.1) is 0 Å². The second-order valence-electron chi connectivity index (χ2n) is 6.18. The van der Waals surface area contributed by atoms with Crippen LogP contribution >= 0.6 is 0 Å². The van der Waals surface area contributed by atoms with E-state index in [-0.39, 0.29) is 11.8 Å². The minimum Gasteiger partial charge on any atom is -0.380 e. The number of benzene rings is 2. The molecule has 130 valence electrons. The van der Waals surface area contributed by atoms with Crippen LogP contribution in [0, 0.1) is 0 Å². The number of likely N-dealkylation sites (N-methyl/N-ethyl adjacent to an activating group) is 1. The minimum absolute atomic E-state index is 0.0296. The highest BCUT2D eigenvalue weighted by molar-refractivity contribution is 6.03. The van der Waals surface area contributed by atoms with E-state index in [2.05, 4.69) is 0 Å². The van der Waals surface area contributed by atoms with Crippen LogP contribution in [-0.2, 0) is 16.1 Å². The Labute approximate surface area is 147 Å². The van der Waals surface area contributed by atoms with E-state index < -0.39 is 6.04 Å². The Hall–Kier alpha value is -2.66. The van der Waals surface area contributed by atoms with Crippen molar-refractivity contribution in [2.24, 2.45) is 0 Å². The number of hydrogen-bond donors (Lipinski definition) is 0. The van der Waals surface area contributed by atoms with Crippen molar-refractivity contribution in [3.8, 4) is 0 Å². The van der Waals surface area contributed by atoms with E-state index in [1.807, 2.05) is 42.5 Å². The zero-order valence-electron chi connectivity index (χ0n) is 14.5. The molecule has 0 radical (unpaired) electrons. The van der Waals surface area contributed by atoms with Gasteiger partial charge in [0.15, 0.2) is 0 Å². The normalized spacial score (nSPS) is 17.0. The molecule has 1 saturated heterocycles. The largest absolute Gasteiger partial charge is 0.380 e. The number of ether oxygens (including phenoxy) is 1. The van der Waals surface area contributed by atoms with Crippen LogP contribution in [-0.4, -0.2) is 43.5 Å². The molecule has 3 rings (SSSR count). The lowest BCUT2D eigenvalue weighted by atomic mass is 10.1. The molecule has 0 aromatic heterocycles. The maximum Gasteiger partial charge on any atom is 0.254 e. The number of amides is 2. The molecule has 2 aromatic rings. The molecule has 1 fully saturated rings. The SMILES string of the molecule is COCc1ccc(C(=O)N(C)[C@@H]2CCN(c3ccccc3)C2=O)cc1. The van der Waals surface area contributed by atoms with Gasteiger partial charge in [-0.2, -0.15) is 0 Å². The Morgan fingerprint density at radius 2 is 1.84 bits per heavy atom. The van der Waals surface area contributed by atoms with Crippen molar-refractivity contribution in [1.29, 1.82) is 0 Å². The zero-order valence-corrected chi connectivity index (χ0v) is 14.5. The maximum absolute atomic E-state index is 12.7. The summed E-state index contributed by atoms with van der Waals surface area (Å²) >= 11 is 0. The lowest BCUT2D eigenvalue weighted by molar-refractivity contribution is -0.120. The Bertz CT molecular complexity index is 743. The molecule has 1 heterocycles. The highest BCUT2D eigenvalue weighted by Crippen LogP contribution is 2.24. The molecule has 0 saturated carbocycles. The van der Waals surface area contributed by atoms with Gasteiger partial charge < -0.3 is 14.5 Å². The first-order valence-electron chi connectivity index (χ1n) is 8.33. The maximum atomic E-state index is 12.7. The van der Waals surface area contributed by atoms with Gasteiger partial charge >= 0.3 is 0 Å². The molecule has 0 bridgehead atoms. The summed E-state index contributed by atoms with van der Waals surface area (Å²) in [7, 11) is 3.33. The van der Waals surface area contributed by atoms with Gasteiger partial charge in [0.2, 0.25) is 5.91 Å². The van der Waals surface area contributed by atoms with Gasteiger partial charge in [0, 0.05) is 32.0 Å². The number of methoxy groups -OCH3 is 1. The minimum atomic E-state index is -0.425. The van der Waals surface area contributed by atoms with Crippen molar-refractivity contribution < 1.29 is 14.3 Å². The number of nitrogens with zero attached hydrogens (tertiary/aromatic N) is 2. The molecule has 25 heavy (non-hydrogen) atoms. The highest BCUT2D eigenvalue weighted by atomic mass is 16.5. The molecule has 5 heteroatoms. The van der Waals surface area contributed by atoms with Crippen LogP contribution in [0.25, 0.3) is 0 Å². The van der Waals surface area contributed by atoms with Crippen molar-refractivity contribution in [1.82, 2.24) is 4.90 Å². The second kappa shape index (κ2) is 7.49. The van der Waals surface area contributed by atoms with Crippen molar-refractivity contribution >= 4 is 17.5 Å². The van der Waals surface area contributed by atoms with E-state index in [0.717, 1.165) is 11.3 Å². The summed E-state index contributed by atoms with van der Waals surface area (Å²) in [5.41, 5.74) is 2.46. The van der Waals surface area contributed by atoms with Crippen molar-refractivity contribution in [3.05, 3.63) is 65.7 Å². The van der Waals surface area contributed by atoms with Crippen LogP contribution in [0.2, 0.25) is 0 Å². The fraction of sp³-hybridized carbons (Fsp3) is 0.300. The van der Waals surface area contributed by atoms with Crippen LogP contribution in [0.5, 0.6) is 0 Å². The van der Waals surface area contributed by atoms with E-state index >= 15 is 0 Å². The van der Waals surface area contributed by atoms with E-state index in [1.54, 1.807) is 36.1 Å². The molecule has 0 aliphatic carbocycles. The standard InChI is InChI=1S/C20H22N2O3/c1-21(19(23)16-10-8-15(9-11-16)14-25-2)18-12-13-22(20(18)24)17-6-4-3-5-7-17/h3-11,18H,12-14H2,1-2H3/t18-/m1/s1. The van der Waals surface area contributed by atoms with Gasteiger partial charge in [-0.1, -0.05) is 30.3 Å². The fourth-order valence-electron chi connectivity index (χ4n) is 3.14. The number of carbonyl (C=O) groups is 2. The van der Waals surface area contributed by atoms with Gasteiger partial charge in [0.1, 0.15) is 6.04 Å². The van der Waals surface area contributed by atoms with E-state index in [9.17, 15) is 9.59 Å². The Balaban J connectivity index is 1.71. The Morgan fingerprint density at radius 3 is 2.48 bits per heavy atom. The van der Waals surface area contributed by atoms with E-state index in [1.165, 1.54) is 0 Å². The van der Waals surface area contributed by atoms with Gasteiger partial charge in [0.25, 0.3) is 5.91 Å². The molecule has 1 aliphatic heterocycles. The number of para-hydroxylation sites is 1. The molecule has 0 N–H and O–H groups in total. The highest BCUT2D eigenvalue weighted by Gasteiger charge is 2.37. The fourth-order valence-corrected chi connectivity index (χ4v) is 3.14. The van der Waals surface area contributed by atoms with Gasteiger partial charge in [-0.3, -0.25) is 9.59 Å². The first-order valence-corrected chi connectivity index (χ1v) is 8.33. The van der Waals surface area contributed by atoms with Crippen LogP contribution < -0.4 is 4.90 Å². The summed E-state index contributed by atoms with van der Waals surface area (Å²) in [5, 5.41) is 0. The smallest absolute Gasteiger partial charge is 0.254 e. The van der Waals surface area contributed by atoms with Crippen LogP contribution in [0.15, 0.2) is 54.6 Å². The Kier molecular flexibility index (Phi) is 5.14. The Morgan fingerprint density at radius 1 is 1.16 bits per heavy atom. The molecule has 1 atom stereocenters. The van der Waals surface area contributed by atoms with Gasteiger partial charge in [-0.25, -0.2) is 0 Å². The molecular weight excluding hydrogens is 316 g/mol. The summed E-state index contributed by atoms with van der Waals surface area (Å²) in [6, 6.07) is 16.4. The summed E-state index contributed by atoms with van der Waals surface area (Å²) in [6.45, 7) is 1.13. The lowest BCUT2D eigenvalue weighted by Crippen LogP contribution is -2.43. The average Bonchev–Trinajstić information content (AvgIpc) is 3.03. The van der Waals surface area contributed by atoms with Crippen molar-refractivity contribution in [2.75, 3.05) is 25.6 Å². The predicted octanol–water partition coefficient (Wildman–Crippen LogP) is 2.71. The molecule has 0 spiro atoms. The summed E-state index contributed by atoms with van der Waals surface area (Å²) in [5.74, 6) is -0.171. The van der Waals surface area contributed by atoms with Gasteiger partial charge in [0.05, 0.1) is 6.61 Å². The zero-order chi connectivity index (χ0) is 17.8. The monoisotopic (exact) mass is 338 g/mol. The first kappa shape index (κ1) is 17.2. The van der Waals surface area contributed by atoms with E-state index in [4.69, 9.17) is 4.74 Å². The molecule has 0 unspecified atom stereocenters. The van der Waals surface area contributed by atoms with Crippen molar-refractivity contribution in [2.45, 2.75) is 19.1 Å². The average molecular weight is 338 g/mol. The number of carbonyl (C=O) groups excluding carboxylic acids is 2. The number of rotatable bonds is 5. The molecule has 2 amide bonds. The second-order valence-corrected chi connectivity index (χ2v) is 6.18. The van der Waals surface area contributed by atoms with Crippen molar-refractivity contribution in [3.63, 3.8) is 0 Å². The van der Waals surface area contributed by atoms with Crippen LogP contribution in [0.1, 0.15) is 22.3 Å². The molecule has 5 nitrogen and oxygen atoms in total. The van der Waals surface area contributed by atoms with Gasteiger partial charge in [-0.05, 0) is 36.2 Å². The quantitative estimate of drug-likeness (QED) is 0.842. The lowest BCUT2D eigenvalue weighted by Gasteiger charge is -2.24. The molecular formula is C20H22N2O3. The number of hydrogen-bond acceptors (Lipinski definition) is 3.